The molecule has 7 unspecified atom stereocenters. The summed E-state index contributed by atoms with van der Waals surface area (Å²) in [6.07, 6.45) is 17.6. The van der Waals surface area contributed by atoms with Crippen molar-refractivity contribution in [2.45, 2.75) is 127 Å². The fraction of sp³-hybridized carbons (Fsp3) is 0.923. The quantitative estimate of drug-likeness (QED) is 0.394. The zero-order valence-electron chi connectivity index (χ0n) is 19.8. The van der Waals surface area contributed by atoms with Crippen molar-refractivity contribution in [2.24, 2.45) is 35.1 Å². The number of amides is 1. The van der Waals surface area contributed by atoms with E-state index >= 15 is 0 Å². The normalized spacial score (nSPS) is 45.0. The lowest BCUT2D eigenvalue weighted by Crippen LogP contribution is -2.57. The first-order chi connectivity index (χ1) is 15.5. The Morgan fingerprint density at radius 2 is 1.56 bits per heavy atom. The maximum Gasteiger partial charge on any atom is 0.237 e. The molecule has 0 bridgehead atoms. The molecule has 6 N–H and O–H groups in total. The van der Waals surface area contributed by atoms with E-state index in [9.17, 15) is 4.79 Å². The minimum atomic E-state index is 0.0111. The molecular formula is C26H45N5O. The van der Waals surface area contributed by atoms with Gasteiger partial charge in [-0.15, -0.1) is 0 Å². The Hall–Kier alpha value is -1.14. The van der Waals surface area contributed by atoms with Crippen LogP contribution in [0.15, 0.2) is 0 Å². The molecule has 4 saturated carbocycles. The maximum atomic E-state index is 13.7. The number of fused-ring (bicyclic) bond motifs is 2. The third kappa shape index (κ3) is 4.46. The first-order valence-electron chi connectivity index (χ1n) is 13.7. The molecule has 5 rings (SSSR count). The topological polar surface area (TPSA) is 108 Å². The fourth-order valence-electron chi connectivity index (χ4n) is 8.33. The second-order valence-electron chi connectivity index (χ2n) is 11.8. The van der Waals surface area contributed by atoms with Crippen molar-refractivity contribution in [3.05, 3.63) is 0 Å². The number of hydrogen-bond acceptors (Lipinski definition) is 4. The second-order valence-corrected chi connectivity index (χ2v) is 11.8. The van der Waals surface area contributed by atoms with E-state index < -0.39 is 0 Å². The lowest BCUT2D eigenvalue weighted by Gasteiger charge is -2.50. The smallest absolute Gasteiger partial charge is 0.237 e. The molecule has 0 radical (unpaired) electrons. The van der Waals surface area contributed by atoms with E-state index in [1.54, 1.807) is 0 Å². The Kier molecular flexibility index (Phi) is 6.80. The average Bonchev–Trinajstić information content (AvgIpc) is 3.19. The Labute approximate surface area is 194 Å². The Balaban J connectivity index is 1.37. The van der Waals surface area contributed by atoms with Crippen molar-refractivity contribution in [1.82, 2.24) is 10.2 Å². The van der Waals surface area contributed by atoms with Gasteiger partial charge in [-0.1, -0.05) is 32.1 Å². The van der Waals surface area contributed by atoms with E-state index in [1.165, 1.54) is 44.9 Å². The predicted octanol–water partition coefficient (Wildman–Crippen LogP) is 3.53. The first-order valence-corrected chi connectivity index (χ1v) is 13.7. The minimum Gasteiger partial charge on any atom is -0.387 e. The molecule has 1 heterocycles. The predicted molar refractivity (Wildman–Crippen MR) is 128 cm³/mol. The molecule has 7 atom stereocenters. The van der Waals surface area contributed by atoms with Gasteiger partial charge in [0.05, 0.1) is 11.9 Å². The van der Waals surface area contributed by atoms with E-state index in [4.69, 9.17) is 16.9 Å². The summed E-state index contributed by atoms with van der Waals surface area (Å²) in [5.41, 5.74) is 12.1. The summed E-state index contributed by atoms with van der Waals surface area (Å²) in [7, 11) is 0. The standard InChI is InChI=1S/C26H45N5O/c27-19-10-12-20(13-11-19)30-26(32)24-14-17-8-9-18(25(28)29)15-23(17)31(24)22-7-3-5-16-4-1-2-6-21(16)22/h16-24H,1-15,27H2,(H3,28,29)(H,30,32). The van der Waals surface area contributed by atoms with E-state index in [2.05, 4.69) is 10.2 Å². The van der Waals surface area contributed by atoms with Gasteiger partial charge in [0, 0.05) is 30.1 Å². The number of carbonyl (C=O) groups excluding carboxylic acids is 1. The average molecular weight is 444 g/mol. The molecule has 6 heteroatoms. The van der Waals surface area contributed by atoms with Gasteiger partial charge in [-0.25, -0.2) is 0 Å². The van der Waals surface area contributed by atoms with Gasteiger partial charge in [0.15, 0.2) is 0 Å². The Morgan fingerprint density at radius 3 is 2.34 bits per heavy atom. The number of likely N-dealkylation sites (tertiary alicyclic amines) is 1. The number of nitrogens with zero attached hydrogens (tertiary/aromatic N) is 1. The summed E-state index contributed by atoms with van der Waals surface area (Å²) < 4.78 is 0. The Morgan fingerprint density at radius 1 is 0.812 bits per heavy atom. The number of nitrogens with one attached hydrogen (secondary N) is 2. The van der Waals surface area contributed by atoms with Gasteiger partial charge < -0.3 is 16.8 Å². The summed E-state index contributed by atoms with van der Waals surface area (Å²) in [5, 5.41) is 11.6. The summed E-state index contributed by atoms with van der Waals surface area (Å²) in [4.78, 5) is 16.4. The molecule has 6 nitrogen and oxygen atoms in total. The van der Waals surface area contributed by atoms with Crippen LogP contribution < -0.4 is 16.8 Å². The Bertz CT molecular complexity index is 688. The summed E-state index contributed by atoms with van der Waals surface area (Å²) in [5.74, 6) is 3.04. The van der Waals surface area contributed by atoms with Crippen LogP contribution in [-0.4, -0.2) is 46.9 Å². The fourth-order valence-corrected chi connectivity index (χ4v) is 8.33. The third-order valence-electron chi connectivity index (χ3n) is 10.0. The molecule has 0 spiro atoms. The maximum absolute atomic E-state index is 13.7. The van der Waals surface area contributed by atoms with E-state index in [1.807, 2.05) is 0 Å². The largest absolute Gasteiger partial charge is 0.387 e. The van der Waals surface area contributed by atoms with Gasteiger partial charge in [0.1, 0.15) is 0 Å². The van der Waals surface area contributed by atoms with Gasteiger partial charge in [0.2, 0.25) is 5.91 Å². The van der Waals surface area contributed by atoms with Crippen molar-refractivity contribution in [3.63, 3.8) is 0 Å². The zero-order valence-corrected chi connectivity index (χ0v) is 19.8. The van der Waals surface area contributed by atoms with Crippen molar-refractivity contribution in [2.75, 3.05) is 0 Å². The molecule has 32 heavy (non-hydrogen) atoms. The molecule has 1 aliphatic heterocycles. The van der Waals surface area contributed by atoms with Crippen molar-refractivity contribution in [3.8, 4) is 0 Å². The molecule has 0 aromatic rings. The molecule has 0 aromatic carbocycles. The van der Waals surface area contributed by atoms with Crippen LogP contribution in [0.4, 0.5) is 0 Å². The minimum absolute atomic E-state index is 0.0111. The van der Waals surface area contributed by atoms with Crippen LogP contribution in [0.2, 0.25) is 0 Å². The van der Waals surface area contributed by atoms with Crippen molar-refractivity contribution in [1.29, 1.82) is 5.41 Å². The SMILES string of the molecule is N=C(N)C1CCC2CC(C(=O)NC3CCC(N)CC3)N(C3CCCC4CCCCC43)C2C1. The zero-order chi connectivity index (χ0) is 22.2. The van der Waals surface area contributed by atoms with Crippen LogP contribution in [0.5, 0.6) is 0 Å². The number of nitrogens with two attached hydrogens (primary N) is 2. The highest BCUT2D eigenvalue weighted by molar-refractivity contribution is 5.83. The number of rotatable bonds is 4. The number of hydrogen-bond donors (Lipinski definition) is 4. The van der Waals surface area contributed by atoms with Gasteiger partial charge in [-0.3, -0.25) is 15.1 Å². The van der Waals surface area contributed by atoms with E-state index in [0.29, 0.717) is 35.9 Å². The molecular weight excluding hydrogens is 398 g/mol. The first kappa shape index (κ1) is 22.6. The van der Waals surface area contributed by atoms with E-state index in [-0.39, 0.29) is 17.9 Å². The molecule has 1 amide bonds. The highest BCUT2D eigenvalue weighted by Crippen LogP contribution is 2.49. The van der Waals surface area contributed by atoms with Crippen LogP contribution in [-0.2, 0) is 4.79 Å². The van der Waals surface area contributed by atoms with E-state index in [0.717, 1.165) is 63.2 Å². The molecule has 5 aliphatic rings. The highest BCUT2D eigenvalue weighted by atomic mass is 16.2. The summed E-state index contributed by atoms with van der Waals surface area (Å²) in [6, 6.07) is 1.59. The number of carbonyl (C=O) groups is 1. The number of amidine groups is 1. The third-order valence-corrected chi connectivity index (χ3v) is 10.0. The van der Waals surface area contributed by atoms with Gasteiger partial charge >= 0.3 is 0 Å². The van der Waals surface area contributed by atoms with Gasteiger partial charge in [-0.05, 0) is 82.0 Å². The highest BCUT2D eigenvalue weighted by Gasteiger charge is 2.52. The monoisotopic (exact) mass is 443 g/mol. The van der Waals surface area contributed by atoms with Gasteiger partial charge in [0.25, 0.3) is 0 Å². The molecule has 1 saturated heterocycles. The van der Waals surface area contributed by atoms with Crippen molar-refractivity contribution < 1.29 is 4.79 Å². The lowest BCUT2D eigenvalue weighted by molar-refractivity contribution is -0.129. The van der Waals surface area contributed by atoms with Crippen LogP contribution in [0.25, 0.3) is 0 Å². The summed E-state index contributed by atoms with van der Waals surface area (Å²) in [6.45, 7) is 0. The van der Waals surface area contributed by atoms with Gasteiger partial charge in [-0.2, -0.15) is 0 Å². The molecule has 0 aromatic heterocycles. The van der Waals surface area contributed by atoms with Crippen molar-refractivity contribution >= 4 is 11.7 Å². The van der Waals surface area contributed by atoms with Crippen LogP contribution in [0.1, 0.15) is 96.3 Å². The summed E-state index contributed by atoms with van der Waals surface area (Å²) >= 11 is 0. The van der Waals surface area contributed by atoms with Crippen LogP contribution in [0, 0.1) is 29.1 Å². The second kappa shape index (κ2) is 9.61. The van der Waals surface area contributed by atoms with Crippen LogP contribution >= 0.6 is 0 Å². The molecule has 180 valence electrons. The molecule has 4 aliphatic carbocycles. The van der Waals surface area contributed by atoms with Crippen LogP contribution in [0.3, 0.4) is 0 Å². The molecule has 5 fully saturated rings. The lowest BCUT2D eigenvalue weighted by atomic mass is 9.67.